The number of rotatable bonds is 2. The van der Waals surface area contributed by atoms with Crippen LogP contribution in [0.5, 0.6) is 0 Å². The Labute approximate surface area is 262 Å². The van der Waals surface area contributed by atoms with Crippen LogP contribution in [-0.2, 0) is 0 Å². The van der Waals surface area contributed by atoms with Gasteiger partial charge in [0.25, 0.3) is 0 Å². The van der Waals surface area contributed by atoms with E-state index >= 15 is 0 Å². The fourth-order valence-corrected chi connectivity index (χ4v) is 8.35. The molecule has 45 heavy (non-hydrogen) atoms. The summed E-state index contributed by atoms with van der Waals surface area (Å²) >= 11 is 1.87. The van der Waals surface area contributed by atoms with E-state index in [9.17, 15) is 0 Å². The second-order valence-electron chi connectivity index (χ2n) is 11.7. The third-order valence-electron chi connectivity index (χ3n) is 9.23. The second-order valence-corrected chi connectivity index (χ2v) is 12.8. The molecule has 0 aliphatic carbocycles. The standard InChI is InChI=1S/C42H24N2S/c1-2-11-26(12-3-1)41-39-28-13-5-4-10-25(28)19-22-35(39)43-42(44-41)27-18-20-30-32-21-23-37-40(33-16-8-9-17-36(33)45-37)38(32)31-15-7-6-14-29(31)34(30)24-27/h1-24H. The zero-order chi connectivity index (χ0) is 29.5. The fourth-order valence-electron chi connectivity index (χ4n) is 7.23. The highest BCUT2D eigenvalue weighted by Crippen LogP contribution is 2.45. The summed E-state index contributed by atoms with van der Waals surface area (Å²) in [7, 11) is 0. The molecule has 8 aromatic carbocycles. The highest BCUT2D eigenvalue weighted by atomic mass is 32.1. The molecule has 0 atom stereocenters. The van der Waals surface area contributed by atoms with Gasteiger partial charge in [0.05, 0.1) is 11.2 Å². The van der Waals surface area contributed by atoms with E-state index in [4.69, 9.17) is 9.97 Å². The Morgan fingerprint density at radius 2 is 1.07 bits per heavy atom. The van der Waals surface area contributed by atoms with Crippen LogP contribution in [0.1, 0.15) is 0 Å². The summed E-state index contributed by atoms with van der Waals surface area (Å²) in [6.45, 7) is 0. The van der Waals surface area contributed by atoms with Gasteiger partial charge in [0.2, 0.25) is 0 Å². The third kappa shape index (κ3) is 3.62. The number of nitrogens with zero attached hydrogens (tertiary/aromatic N) is 2. The van der Waals surface area contributed by atoms with Crippen LogP contribution in [0.3, 0.4) is 0 Å². The van der Waals surface area contributed by atoms with Gasteiger partial charge in [0.15, 0.2) is 5.82 Å². The van der Waals surface area contributed by atoms with E-state index in [1.165, 1.54) is 63.3 Å². The van der Waals surface area contributed by atoms with Gasteiger partial charge >= 0.3 is 0 Å². The first-order valence-electron chi connectivity index (χ1n) is 15.3. The van der Waals surface area contributed by atoms with Crippen LogP contribution in [0, 0.1) is 0 Å². The lowest BCUT2D eigenvalue weighted by Crippen LogP contribution is -1.96. The number of hydrogen-bond acceptors (Lipinski definition) is 3. The molecule has 2 heterocycles. The number of fused-ring (bicyclic) bond motifs is 13. The summed E-state index contributed by atoms with van der Waals surface area (Å²) in [5, 5.41) is 13.7. The Balaban J connectivity index is 1.29. The summed E-state index contributed by atoms with van der Waals surface area (Å²) < 4.78 is 2.66. The van der Waals surface area contributed by atoms with E-state index in [0.29, 0.717) is 0 Å². The molecule has 0 saturated carbocycles. The first kappa shape index (κ1) is 24.8. The normalized spacial score (nSPS) is 12.0. The molecule has 0 radical (unpaired) electrons. The zero-order valence-electron chi connectivity index (χ0n) is 24.2. The average Bonchev–Trinajstić information content (AvgIpc) is 3.50. The fraction of sp³-hybridized carbons (Fsp3) is 0. The Hall–Kier alpha value is -5.64. The van der Waals surface area contributed by atoms with Crippen LogP contribution in [0.15, 0.2) is 146 Å². The van der Waals surface area contributed by atoms with E-state index in [2.05, 4.69) is 146 Å². The molecule has 2 aromatic heterocycles. The molecule has 0 unspecified atom stereocenters. The Bertz CT molecular complexity index is 2790. The predicted octanol–water partition coefficient (Wildman–Crippen LogP) is 11.9. The summed E-state index contributed by atoms with van der Waals surface area (Å²) in [4.78, 5) is 10.5. The molecule has 10 rings (SSSR count). The third-order valence-corrected chi connectivity index (χ3v) is 10.4. The second kappa shape index (κ2) is 9.43. The molecule has 0 aliphatic rings. The Kier molecular flexibility index (Phi) is 5.19. The maximum Gasteiger partial charge on any atom is 0.160 e. The van der Waals surface area contributed by atoms with Crippen molar-refractivity contribution in [3.63, 3.8) is 0 Å². The number of aromatic nitrogens is 2. The minimum absolute atomic E-state index is 0.738. The first-order chi connectivity index (χ1) is 22.3. The Morgan fingerprint density at radius 3 is 1.96 bits per heavy atom. The predicted molar refractivity (Wildman–Crippen MR) is 193 cm³/mol. The molecule has 3 heteroatoms. The summed E-state index contributed by atoms with van der Waals surface area (Å²) in [5.74, 6) is 0.738. The van der Waals surface area contributed by atoms with Gasteiger partial charge in [0.1, 0.15) is 0 Å². The van der Waals surface area contributed by atoms with Crippen molar-refractivity contribution in [2.45, 2.75) is 0 Å². The minimum atomic E-state index is 0.738. The summed E-state index contributed by atoms with van der Waals surface area (Å²) in [6.07, 6.45) is 0. The molecule has 2 nitrogen and oxygen atoms in total. The van der Waals surface area contributed by atoms with E-state index in [0.717, 1.165) is 33.5 Å². The van der Waals surface area contributed by atoms with Crippen molar-refractivity contribution >= 4 is 85.5 Å². The first-order valence-corrected chi connectivity index (χ1v) is 16.1. The molecule has 0 saturated heterocycles. The van der Waals surface area contributed by atoms with Crippen LogP contribution < -0.4 is 0 Å². The minimum Gasteiger partial charge on any atom is -0.228 e. The molecule has 0 spiro atoms. The smallest absolute Gasteiger partial charge is 0.160 e. The molecule has 0 bridgehead atoms. The molecule has 0 amide bonds. The van der Waals surface area contributed by atoms with Crippen LogP contribution in [-0.4, -0.2) is 9.97 Å². The molecule has 208 valence electrons. The van der Waals surface area contributed by atoms with Crippen molar-refractivity contribution in [3.05, 3.63) is 146 Å². The van der Waals surface area contributed by atoms with Gasteiger partial charge in [-0.1, -0.05) is 121 Å². The summed E-state index contributed by atoms with van der Waals surface area (Å²) in [5.41, 5.74) is 4.02. The van der Waals surface area contributed by atoms with Crippen LogP contribution in [0.25, 0.3) is 96.8 Å². The van der Waals surface area contributed by atoms with E-state index in [1.807, 2.05) is 11.3 Å². The SMILES string of the molecule is c1ccc(-c2nc(-c3ccc4c(c3)c3ccccc3c3c4ccc4sc5ccccc5c43)nc3ccc4ccccc4c23)cc1. The van der Waals surface area contributed by atoms with Crippen molar-refractivity contribution in [2.75, 3.05) is 0 Å². The average molecular weight is 589 g/mol. The van der Waals surface area contributed by atoms with E-state index in [-0.39, 0.29) is 0 Å². The zero-order valence-corrected chi connectivity index (χ0v) is 25.0. The number of hydrogen-bond donors (Lipinski definition) is 0. The van der Waals surface area contributed by atoms with Gasteiger partial charge in [-0.25, -0.2) is 9.97 Å². The quantitative estimate of drug-likeness (QED) is 0.188. The molecular weight excluding hydrogens is 565 g/mol. The number of benzene rings is 8. The monoisotopic (exact) mass is 588 g/mol. The highest BCUT2D eigenvalue weighted by molar-refractivity contribution is 7.26. The molecule has 0 N–H and O–H groups in total. The summed E-state index contributed by atoms with van der Waals surface area (Å²) in [6, 6.07) is 52.3. The van der Waals surface area contributed by atoms with E-state index < -0.39 is 0 Å². The lowest BCUT2D eigenvalue weighted by Gasteiger charge is -2.14. The lowest BCUT2D eigenvalue weighted by atomic mass is 9.91. The lowest BCUT2D eigenvalue weighted by molar-refractivity contribution is 1.23. The van der Waals surface area contributed by atoms with Crippen molar-refractivity contribution in [2.24, 2.45) is 0 Å². The van der Waals surface area contributed by atoms with Gasteiger partial charge in [-0.05, 0) is 67.4 Å². The van der Waals surface area contributed by atoms with Crippen molar-refractivity contribution in [3.8, 4) is 22.6 Å². The van der Waals surface area contributed by atoms with Crippen LogP contribution in [0.2, 0.25) is 0 Å². The van der Waals surface area contributed by atoms with Crippen molar-refractivity contribution in [1.29, 1.82) is 0 Å². The van der Waals surface area contributed by atoms with Gasteiger partial charge in [0, 0.05) is 36.7 Å². The molecular formula is C42H24N2S. The largest absolute Gasteiger partial charge is 0.228 e. The van der Waals surface area contributed by atoms with Crippen LogP contribution in [0.4, 0.5) is 0 Å². The number of thiophene rings is 1. The topological polar surface area (TPSA) is 25.8 Å². The Morgan fingerprint density at radius 1 is 0.378 bits per heavy atom. The highest BCUT2D eigenvalue weighted by Gasteiger charge is 2.18. The van der Waals surface area contributed by atoms with Crippen molar-refractivity contribution < 1.29 is 0 Å². The molecule has 10 aromatic rings. The van der Waals surface area contributed by atoms with Gasteiger partial charge in [-0.3, -0.25) is 0 Å². The van der Waals surface area contributed by atoms with Crippen LogP contribution >= 0.6 is 11.3 Å². The van der Waals surface area contributed by atoms with Crippen molar-refractivity contribution in [1.82, 2.24) is 9.97 Å². The van der Waals surface area contributed by atoms with Gasteiger partial charge in [-0.15, -0.1) is 11.3 Å². The van der Waals surface area contributed by atoms with E-state index in [1.54, 1.807) is 0 Å². The maximum atomic E-state index is 5.30. The van der Waals surface area contributed by atoms with Gasteiger partial charge in [-0.2, -0.15) is 0 Å². The molecule has 0 fully saturated rings. The molecule has 0 aliphatic heterocycles. The maximum absolute atomic E-state index is 5.30. The van der Waals surface area contributed by atoms with Gasteiger partial charge < -0.3 is 0 Å².